The van der Waals surface area contributed by atoms with Crippen LogP contribution in [0.25, 0.3) is 21.3 Å². The molecule has 0 bridgehead atoms. The third kappa shape index (κ3) is 7.13. The zero-order chi connectivity index (χ0) is 30.4. The van der Waals surface area contributed by atoms with E-state index >= 15 is 0 Å². The maximum atomic E-state index is 14.4. The van der Waals surface area contributed by atoms with Gasteiger partial charge in [0.25, 0.3) is 0 Å². The third-order valence-corrected chi connectivity index (χ3v) is 7.50. The lowest BCUT2D eigenvalue weighted by molar-refractivity contribution is -0.0190. The first-order chi connectivity index (χ1) is 20.1. The second-order valence-corrected chi connectivity index (χ2v) is 11.4. The molecular formula is C32H34FNO7S. The summed E-state index contributed by atoms with van der Waals surface area (Å²) in [6.07, 6.45) is -0.134. The number of aliphatic hydroxyl groups is 1. The van der Waals surface area contributed by atoms with Gasteiger partial charge in [-0.3, -0.25) is 9.59 Å². The number of thiophene rings is 1. The Balaban J connectivity index is 1.67. The number of hydrogen-bond donors (Lipinski definition) is 1. The minimum atomic E-state index is -0.835. The Morgan fingerprint density at radius 2 is 1.76 bits per heavy atom. The summed E-state index contributed by atoms with van der Waals surface area (Å²) in [5.41, 5.74) is 0.990. The van der Waals surface area contributed by atoms with Crippen molar-refractivity contribution in [1.29, 1.82) is 0 Å². The number of ether oxygens (including phenoxy) is 4. The minimum absolute atomic E-state index is 0.00145. The Morgan fingerprint density at radius 3 is 2.45 bits per heavy atom. The molecule has 0 radical (unpaired) electrons. The van der Waals surface area contributed by atoms with Crippen LogP contribution in [0.5, 0.6) is 17.2 Å². The number of aromatic nitrogens is 1. The van der Waals surface area contributed by atoms with Gasteiger partial charge in [0.1, 0.15) is 29.6 Å². The summed E-state index contributed by atoms with van der Waals surface area (Å²) in [6.45, 7) is 5.53. The summed E-state index contributed by atoms with van der Waals surface area (Å²) in [4.78, 5) is 32.0. The highest BCUT2D eigenvalue weighted by atomic mass is 32.1. The summed E-state index contributed by atoms with van der Waals surface area (Å²) in [7, 11) is 2.96. The van der Waals surface area contributed by atoms with Gasteiger partial charge in [0.15, 0.2) is 23.1 Å². The summed E-state index contributed by atoms with van der Waals surface area (Å²) in [6, 6.07) is 12.8. The highest BCUT2D eigenvalue weighted by Crippen LogP contribution is 2.39. The lowest BCUT2D eigenvalue weighted by atomic mass is 9.92. The van der Waals surface area contributed by atoms with Crippen molar-refractivity contribution in [3.8, 4) is 28.5 Å². The molecule has 4 aromatic rings. The number of rotatable bonds is 13. The Labute approximate surface area is 248 Å². The molecule has 1 atom stereocenters. The van der Waals surface area contributed by atoms with Crippen molar-refractivity contribution in [3.05, 3.63) is 71.0 Å². The second kappa shape index (κ2) is 13.4. The zero-order valence-corrected chi connectivity index (χ0v) is 25.0. The summed E-state index contributed by atoms with van der Waals surface area (Å²) in [5, 5.41) is 11.5. The fourth-order valence-electron chi connectivity index (χ4n) is 4.39. The van der Waals surface area contributed by atoms with E-state index in [0.29, 0.717) is 44.2 Å². The fraction of sp³-hybridized carbons (Fsp3) is 0.344. The quantitative estimate of drug-likeness (QED) is 0.178. The molecule has 0 saturated heterocycles. The minimum Gasteiger partial charge on any atom is -0.494 e. The van der Waals surface area contributed by atoms with Crippen LogP contribution in [-0.4, -0.2) is 61.3 Å². The van der Waals surface area contributed by atoms with Gasteiger partial charge in [0.2, 0.25) is 0 Å². The molecule has 42 heavy (non-hydrogen) atoms. The molecule has 2 aromatic carbocycles. The Morgan fingerprint density at radius 1 is 1.02 bits per heavy atom. The van der Waals surface area contributed by atoms with Gasteiger partial charge >= 0.3 is 0 Å². The van der Waals surface area contributed by atoms with Gasteiger partial charge < -0.3 is 24.1 Å². The van der Waals surface area contributed by atoms with E-state index < -0.39 is 11.5 Å². The first-order valence-corrected chi connectivity index (χ1v) is 14.3. The molecule has 0 fully saturated rings. The molecule has 0 spiro atoms. The summed E-state index contributed by atoms with van der Waals surface area (Å²) in [5.74, 6) is -0.657. The topological polar surface area (TPSA) is 104 Å². The molecule has 1 N–H and O–H groups in total. The number of halogens is 1. The first kappa shape index (κ1) is 31.1. The van der Waals surface area contributed by atoms with Crippen LogP contribution in [0.2, 0.25) is 0 Å². The fourth-order valence-corrected chi connectivity index (χ4v) is 5.35. The molecule has 8 nitrogen and oxygen atoms in total. The van der Waals surface area contributed by atoms with Crippen LogP contribution < -0.4 is 14.2 Å². The molecular weight excluding hydrogens is 561 g/mol. The molecule has 0 saturated carbocycles. The van der Waals surface area contributed by atoms with Gasteiger partial charge in [-0.15, -0.1) is 11.3 Å². The van der Waals surface area contributed by atoms with Gasteiger partial charge in [-0.05, 0) is 57.2 Å². The van der Waals surface area contributed by atoms with Crippen LogP contribution in [0.4, 0.5) is 4.39 Å². The van der Waals surface area contributed by atoms with Crippen molar-refractivity contribution in [2.75, 3.05) is 34.0 Å². The van der Waals surface area contributed by atoms with Crippen molar-refractivity contribution < 1.29 is 38.0 Å². The number of fused-ring (bicyclic) bond motifs is 1. The van der Waals surface area contributed by atoms with Gasteiger partial charge in [-0.1, -0.05) is 12.1 Å². The Hall–Kier alpha value is -3.86. The average Bonchev–Trinajstić information content (AvgIpc) is 3.42. The molecule has 0 unspecified atom stereocenters. The van der Waals surface area contributed by atoms with E-state index in [9.17, 15) is 14.0 Å². The van der Waals surface area contributed by atoms with Gasteiger partial charge in [-0.2, -0.15) is 0 Å². The molecule has 0 amide bonds. The normalized spacial score (nSPS) is 12.3. The van der Waals surface area contributed by atoms with Gasteiger partial charge in [0.05, 0.1) is 43.7 Å². The largest absolute Gasteiger partial charge is 0.494 e. The van der Waals surface area contributed by atoms with Crippen molar-refractivity contribution in [3.63, 3.8) is 0 Å². The second-order valence-electron chi connectivity index (χ2n) is 10.6. The van der Waals surface area contributed by atoms with Crippen molar-refractivity contribution in [2.24, 2.45) is 5.92 Å². The first-order valence-electron chi connectivity index (χ1n) is 13.4. The van der Waals surface area contributed by atoms with Crippen LogP contribution in [-0.2, 0) is 4.74 Å². The van der Waals surface area contributed by atoms with E-state index in [0.717, 1.165) is 0 Å². The number of Topliss-reactive ketones (excluding diaryl/α,β-unsaturated/α-hetero) is 2. The van der Waals surface area contributed by atoms with E-state index in [1.54, 1.807) is 47.8 Å². The van der Waals surface area contributed by atoms with E-state index in [-0.39, 0.29) is 49.3 Å². The highest BCUT2D eigenvalue weighted by molar-refractivity contribution is 7.17. The van der Waals surface area contributed by atoms with Crippen LogP contribution in [0, 0.1) is 11.7 Å². The molecule has 0 aliphatic carbocycles. The maximum absolute atomic E-state index is 14.4. The third-order valence-electron chi connectivity index (χ3n) is 6.49. The standard InChI is InChI=1S/C32H34FNO7S/c1-32(2,3)41-17-20(15-25(36)19-9-11-26(40-14-13-35)28(16-19)39-5)30(37)24-10-12-27(38-4)29(34-24)22-18-42-31-21(22)7-6-8-23(31)33/h6-12,16,18,20,35H,13-15,17H2,1-5H3/t20-/m0/s1. The summed E-state index contributed by atoms with van der Waals surface area (Å²) >= 11 is 1.25. The number of hydrogen-bond acceptors (Lipinski definition) is 9. The molecule has 0 aliphatic heterocycles. The maximum Gasteiger partial charge on any atom is 0.187 e. The number of benzene rings is 2. The predicted octanol–water partition coefficient (Wildman–Crippen LogP) is 6.38. The number of carbonyl (C=O) groups is 2. The Kier molecular flexibility index (Phi) is 9.93. The number of aliphatic hydroxyl groups excluding tert-OH is 1. The lowest BCUT2D eigenvalue weighted by Gasteiger charge is -2.24. The van der Waals surface area contributed by atoms with E-state index in [1.807, 2.05) is 20.8 Å². The monoisotopic (exact) mass is 595 g/mol. The molecule has 2 aromatic heterocycles. The number of carbonyl (C=O) groups excluding carboxylic acids is 2. The SMILES string of the molecule is COc1cc(C(=O)C[C@@H](COC(C)(C)C)C(=O)c2ccc(OC)c(-c3csc4c(F)cccc34)n2)ccc1OCCO. The lowest BCUT2D eigenvalue weighted by Crippen LogP contribution is -2.30. The van der Waals surface area contributed by atoms with Crippen LogP contribution in [0.15, 0.2) is 53.9 Å². The number of pyridine rings is 1. The number of ketones is 2. The average molecular weight is 596 g/mol. The summed E-state index contributed by atoms with van der Waals surface area (Å²) < 4.78 is 37.2. The van der Waals surface area contributed by atoms with E-state index in [1.165, 1.54) is 31.6 Å². The van der Waals surface area contributed by atoms with Crippen LogP contribution >= 0.6 is 11.3 Å². The van der Waals surface area contributed by atoms with Gasteiger partial charge in [-0.25, -0.2) is 9.37 Å². The molecule has 10 heteroatoms. The van der Waals surface area contributed by atoms with Crippen molar-refractivity contribution >= 4 is 33.0 Å². The zero-order valence-electron chi connectivity index (χ0n) is 24.2. The van der Waals surface area contributed by atoms with Crippen molar-refractivity contribution in [1.82, 2.24) is 4.98 Å². The van der Waals surface area contributed by atoms with Crippen LogP contribution in [0.3, 0.4) is 0 Å². The smallest absolute Gasteiger partial charge is 0.187 e. The van der Waals surface area contributed by atoms with E-state index in [4.69, 9.17) is 24.1 Å². The molecule has 0 aliphatic rings. The van der Waals surface area contributed by atoms with Crippen LogP contribution in [0.1, 0.15) is 48.0 Å². The van der Waals surface area contributed by atoms with Crippen molar-refractivity contribution in [2.45, 2.75) is 32.8 Å². The molecule has 222 valence electrons. The predicted molar refractivity (Wildman–Crippen MR) is 160 cm³/mol. The van der Waals surface area contributed by atoms with E-state index in [2.05, 4.69) is 4.98 Å². The highest BCUT2D eigenvalue weighted by Gasteiger charge is 2.29. The van der Waals surface area contributed by atoms with Gasteiger partial charge in [0, 0.05) is 28.3 Å². The number of nitrogens with zero attached hydrogens (tertiary/aromatic N) is 1. The molecule has 4 rings (SSSR count). The Bertz CT molecular complexity index is 1580. The number of methoxy groups -OCH3 is 2. The molecule has 2 heterocycles.